The summed E-state index contributed by atoms with van der Waals surface area (Å²) in [6.45, 7) is 0.478. The average molecular weight is 301 g/mol. The highest BCUT2D eigenvalue weighted by Crippen LogP contribution is 2.28. The van der Waals surface area contributed by atoms with Crippen molar-refractivity contribution in [3.63, 3.8) is 0 Å². The van der Waals surface area contributed by atoms with Crippen LogP contribution in [0.15, 0.2) is 59.5 Å². The summed E-state index contributed by atoms with van der Waals surface area (Å²) >= 11 is 5.89. The van der Waals surface area contributed by atoms with Gasteiger partial charge in [-0.05, 0) is 18.2 Å². The maximum atomic E-state index is 9.89. The van der Waals surface area contributed by atoms with Crippen molar-refractivity contribution in [1.82, 2.24) is 4.98 Å². The van der Waals surface area contributed by atoms with Crippen molar-refractivity contribution in [2.45, 2.75) is 6.54 Å². The van der Waals surface area contributed by atoms with Gasteiger partial charge in [0, 0.05) is 23.4 Å². The van der Waals surface area contributed by atoms with Gasteiger partial charge >= 0.3 is 0 Å². The molecule has 0 aliphatic heterocycles. The maximum Gasteiger partial charge on any atom is 0.181 e. The second-order valence-corrected chi connectivity index (χ2v) is 4.95. The molecule has 3 aromatic rings. The van der Waals surface area contributed by atoms with Crippen molar-refractivity contribution in [2.75, 3.05) is 5.32 Å². The molecule has 0 atom stereocenters. The lowest BCUT2D eigenvalue weighted by atomic mass is 10.1. The van der Waals surface area contributed by atoms with Crippen molar-refractivity contribution in [3.05, 3.63) is 65.6 Å². The topological polar surface area (TPSA) is 58.3 Å². The molecule has 2 N–H and O–H groups in total. The zero-order valence-electron chi connectivity index (χ0n) is 11.1. The number of rotatable bonds is 4. The number of benzene rings is 2. The third kappa shape index (κ3) is 3.01. The van der Waals surface area contributed by atoms with Crippen LogP contribution in [0.1, 0.15) is 5.56 Å². The number of aromatic nitrogens is 1. The predicted octanol–water partition coefficient (Wildman–Crippen LogP) is 4.31. The van der Waals surface area contributed by atoms with Gasteiger partial charge in [0.25, 0.3) is 0 Å². The summed E-state index contributed by atoms with van der Waals surface area (Å²) in [4.78, 5) is 3.91. The minimum Gasteiger partial charge on any atom is -0.506 e. The van der Waals surface area contributed by atoms with Crippen LogP contribution in [0.5, 0.6) is 5.75 Å². The molecule has 0 aliphatic rings. The highest BCUT2D eigenvalue weighted by Gasteiger charge is 2.06. The second-order valence-electron chi connectivity index (χ2n) is 4.55. The first kappa shape index (κ1) is 13.5. The van der Waals surface area contributed by atoms with Crippen LogP contribution in [0.25, 0.3) is 11.3 Å². The first-order valence-corrected chi connectivity index (χ1v) is 6.81. The van der Waals surface area contributed by atoms with E-state index >= 15 is 0 Å². The Hall–Kier alpha value is -2.46. The summed E-state index contributed by atoms with van der Waals surface area (Å²) < 4.78 is 5.28. The van der Waals surface area contributed by atoms with Crippen molar-refractivity contribution in [2.24, 2.45) is 0 Å². The SMILES string of the molecule is Oc1c(Cl)cccc1CNc1cccc(-c2cnco2)c1. The Labute approximate surface area is 127 Å². The summed E-state index contributed by atoms with van der Waals surface area (Å²) in [5.74, 6) is 0.822. The van der Waals surface area contributed by atoms with Gasteiger partial charge in [-0.2, -0.15) is 0 Å². The number of para-hydroxylation sites is 1. The molecule has 5 heteroatoms. The van der Waals surface area contributed by atoms with E-state index in [4.69, 9.17) is 16.0 Å². The van der Waals surface area contributed by atoms with Crippen LogP contribution in [0, 0.1) is 0 Å². The molecule has 0 saturated carbocycles. The standard InChI is InChI=1S/C16H13ClN2O2/c17-14-6-2-4-12(16(14)20)8-19-13-5-1-3-11(7-13)15-9-18-10-21-15/h1-7,9-10,19-20H,8H2. The number of nitrogens with one attached hydrogen (secondary N) is 1. The maximum absolute atomic E-state index is 9.89. The van der Waals surface area contributed by atoms with Crippen LogP contribution in [0.2, 0.25) is 5.02 Å². The van der Waals surface area contributed by atoms with E-state index < -0.39 is 0 Å². The third-order valence-electron chi connectivity index (χ3n) is 3.13. The van der Waals surface area contributed by atoms with Crippen LogP contribution >= 0.6 is 11.6 Å². The molecule has 0 radical (unpaired) electrons. The summed E-state index contributed by atoms with van der Waals surface area (Å²) in [5.41, 5.74) is 2.60. The molecule has 0 bridgehead atoms. The number of hydrogen-bond acceptors (Lipinski definition) is 4. The normalized spacial score (nSPS) is 10.5. The van der Waals surface area contributed by atoms with E-state index in [1.165, 1.54) is 6.39 Å². The molecule has 0 aliphatic carbocycles. The van der Waals surface area contributed by atoms with Gasteiger partial charge in [0.2, 0.25) is 0 Å². The highest BCUT2D eigenvalue weighted by atomic mass is 35.5. The van der Waals surface area contributed by atoms with E-state index in [1.54, 1.807) is 12.3 Å². The van der Waals surface area contributed by atoms with Gasteiger partial charge < -0.3 is 14.8 Å². The highest BCUT2D eigenvalue weighted by molar-refractivity contribution is 6.32. The largest absolute Gasteiger partial charge is 0.506 e. The Morgan fingerprint density at radius 3 is 2.86 bits per heavy atom. The first-order valence-electron chi connectivity index (χ1n) is 6.43. The lowest BCUT2D eigenvalue weighted by Crippen LogP contribution is -1.99. The van der Waals surface area contributed by atoms with Gasteiger partial charge in [-0.25, -0.2) is 4.98 Å². The molecule has 1 heterocycles. The number of anilines is 1. The fourth-order valence-electron chi connectivity index (χ4n) is 2.04. The average Bonchev–Trinajstić information content (AvgIpc) is 3.03. The van der Waals surface area contributed by atoms with Crippen molar-refractivity contribution < 1.29 is 9.52 Å². The van der Waals surface area contributed by atoms with E-state index in [1.807, 2.05) is 36.4 Å². The van der Waals surface area contributed by atoms with Crippen LogP contribution in [-0.2, 0) is 6.54 Å². The summed E-state index contributed by atoms with van der Waals surface area (Å²) in [6, 6.07) is 13.1. The number of halogens is 1. The molecule has 106 valence electrons. The van der Waals surface area contributed by atoms with Gasteiger partial charge in [-0.1, -0.05) is 35.9 Å². The lowest BCUT2D eigenvalue weighted by Gasteiger charge is -2.09. The third-order valence-corrected chi connectivity index (χ3v) is 3.44. The molecule has 0 fully saturated rings. The summed E-state index contributed by atoms with van der Waals surface area (Å²) in [6.07, 6.45) is 3.07. The monoisotopic (exact) mass is 300 g/mol. The van der Waals surface area contributed by atoms with E-state index in [2.05, 4.69) is 10.3 Å². The second kappa shape index (κ2) is 5.89. The lowest BCUT2D eigenvalue weighted by molar-refractivity contribution is 0.469. The fraction of sp³-hybridized carbons (Fsp3) is 0.0625. The molecule has 3 rings (SSSR count). The number of hydrogen-bond donors (Lipinski definition) is 2. The molecule has 21 heavy (non-hydrogen) atoms. The number of oxazole rings is 1. The molecule has 0 unspecified atom stereocenters. The van der Waals surface area contributed by atoms with E-state index in [9.17, 15) is 5.11 Å². The number of aromatic hydroxyl groups is 1. The molecular formula is C16H13ClN2O2. The Morgan fingerprint density at radius 2 is 2.05 bits per heavy atom. The predicted molar refractivity (Wildman–Crippen MR) is 82.4 cm³/mol. The van der Waals surface area contributed by atoms with Crippen molar-refractivity contribution in [3.8, 4) is 17.1 Å². The summed E-state index contributed by atoms with van der Waals surface area (Å²) in [5, 5.41) is 13.5. The molecule has 0 spiro atoms. The first-order chi connectivity index (χ1) is 10.2. The Morgan fingerprint density at radius 1 is 1.19 bits per heavy atom. The molecule has 1 aromatic heterocycles. The van der Waals surface area contributed by atoms with Gasteiger partial charge in [-0.3, -0.25) is 0 Å². The van der Waals surface area contributed by atoms with Gasteiger partial charge in [0.05, 0.1) is 11.2 Å². The summed E-state index contributed by atoms with van der Waals surface area (Å²) in [7, 11) is 0. The Kier molecular flexibility index (Phi) is 3.79. The van der Waals surface area contributed by atoms with Crippen molar-refractivity contribution in [1.29, 1.82) is 0 Å². The van der Waals surface area contributed by atoms with Crippen molar-refractivity contribution >= 4 is 17.3 Å². The minimum absolute atomic E-state index is 0.109. The Bertz CT molecular complexity index is 742. The minimum atomic E-state index is 0.109. The molecule has 0 amide bonds. The van der Waals surface area contributed by atoms with Crippen LogP contribution in [-0.4, -0.2) is 10.1 Å². The quantitative estimate of drug-likeness (QED) is 0.753. The molecule has 2 aromatic carbocycles. The van der Waals surface area contributed by atoms with Crippen LogP contribution in [0.4, 0.5) is 5.69 Å². The van der Waals surface area contributed by atoms with Crippen LogP contribution in [0.3, 0.4) is 0 Å². The van der Waals surface area contributed by atoms with Gasteiger partial charge in [0.15, 0.2) is 12.2 Å². The fourth-order valence-corrected chi connectivity index (χ4v) is 2.23. The molecule has 4 nitrogen and oxygen atoms in total. The smallest absolute Gasteiger partial charge is 0.181 e. The van der Waals surface area contributed by atoms with E-state index in [0.717, 1.165) is 16.8 Å². The zero-order chi connectivity index (χ0) is 14.7. The van der Waals surface area contributed by atoms with Gasteiger partial charge in [0.1, 0.15) is 5.75 Å². The molecule has 0 saturated heterocycles. The number of phenols is 1. The number of nitrogens with zero attached hydrogens (tertiary/aromatic N) is 1. The van der Waals surface area contributed by atoms with Gasteiger partial charge in [-0.15, -0.1) is 0 Å². The van der Waals surface area contributed by atoms with E-state index in [-0.39, 0.29) is 5.75 Å². The van der Waals surface area contributed by atoms with E-state index in [0.29, 0.717) is 17.3 Å². The Balaban J connectivity index is 1.77. The number of phenolic OH excluding ortho intramolecular Hbond substituents is 1. The van der Waals surface area contributed by atoms with Crippen LogP contribution < -0.4 is 5.32 Å². The zero-order valence-corrected chi connectivity index (χ0v) is 11.8. The molecular weight excluding hydrogens is 288 g/mol.